The molecule has 4 aromatic rings. The van der Waals surface area contributed by atoms with E-state index in [-0.39, 0.29) is 18.6 Å². The fraction of sp³-hybridized carbons (Fsp3) is 0.240. The van der Waals surface area contributed by atoms with Gasteiger partial charge in [0.15, 0.2) is 0 Å². The number of guanidine groups is 1. The molecule has 2 heterocycles. The molecule has 0 bridgehead atoms. The van der Waals surface area contributed by atoms with Crippen molar-refractivity contribution in [2.75, 3.05) is 6.54 Å². The summed E-state index contributed by atoms with van der Waals surface area (Å²) >= 11 is 0. The first-order valence-corrected chi connectivity index (χ1v) is 11.2. The van der Waals surface area contributed by atoms with E-state index < -0.39 is 11.7 Å². The molecule has 1 saturated heterocycles. The van der Waals surface area contributed by atoms with E-state index in [2.05, 4.69) is 15.3 Å². The lowest BCUT2D eigenvalue weighted by Gasteiger charge is -2.21. The standard InChI is InChI=1S/C25H22F3N5O3/c26-25(27,28)19-4-1-3-15(11-19)14-35-20-9-8-16-12-18(7-6-17(16)13-20)22-30-23(36-32-22)21-5-2-10-33(21)24(29)31-34/h1,3-4,6-9,11-13,21,34H,2,5,10,14H2,(H2,29,31)/t21-/m0/s1. The Labute approximate surface area is 203 Å². The normalized spacial score (nSPS) is 16.6. The Morgan fingerprint density at radius 3 is 2.75 bits per heavy atom. The van der Waals surface area contributed by atoms with Gasteiger partial charge in [-0.3, -0.25) is 0 Å². The summed E-state index contributed by atoms with van der Waals surface area (Å²) in [6.45, 7) is 0.648. The Kier molecular flexibility index (Phi) is 6.13. The number of rotatable bonds is 5. The molecule has 0 saturated carbocycles. The van der Waals surface area contributed by atoms with E-state index in [4.69, 9.17) is 20.2 Å². The molecule has 3 aromatic carbocycles. The average molecular weight is 497 g/mol. The monoisotopic (exact) mass is 497 g/mol. The summed E-state index contributed by atoms with van der Waals surface area (Å²) in [6.07, 6.45) is -2.79. The van der Waals surface area contributed by atoms with Crippen LogP contribution in [0.15, 0.2) is 70.3 Å². The highest BCUT2D eigenvalue weighted by molar-refractivity contribution is 5.87. The maximum Gasteiger partial charge on any atom is 0.416 e. The Morgan fingerprint density at radius 1 is 1.14 bits per heavy atom. The molecule has 0 radical (unpaired) electrons. The number of oxime groups is 1. The second-order valence-corrected chi connectivity index (χ2v) is 8.48. The summed E-state index contributed by atoms with van der Waals surface area (Å²) in [7, 11) is 0. The lowest BCUT2D eigenvalue weighted by Crippen LogP contribution is -2.36. The Bertz CT molecular complexity index is 1420. The number of benzene rings is 3. The van der Waals surface area contributed by atoms with E-state index in [0.29, 0.717) is 29.6 Å². The Hall–Kier alpha value is -4.28. The molecular weight excluding hydrogens is 475 g/mol. The third-order valence-electron chi connectivity index (χ3n) is 6.11. The number of halogens is 3. The van der Waals surface area contributed by atoms with Gasteiger partial charge in [0.05, 0.1) is 5.56 Å². The highest BCUT2D eigenvalue weighted by Gasteiger charge is 2.32. The molecule has 0 aliphatic carbocycles. The second-order valence-electron chi connectivity index (χ2n) is 8.48. The van der Waals surface area contributed by atoms with Crippen molar-refractivity contribution in [2.45, 2.75) is 31.7 Å². The zero-order valence-electron chi connectivity index (χ0n) is 18.9. The first-order valence-electron chi connectivity index (χ1n) is 11.2. The summed E-state index contributed by atoms with van der Waals surface area (Å²) in [6, 6.07) is 15.9. The van der Waals surface area contributed by atoms with Crippen LogP contribution in [0.25, 0.3) is 22.2 Å². The Morgan fingerprint density at radius 2 is 1.94 bits per heavy atom. The van der Waals surface area contributed by atoms with E-state index >= 15 is 0 Å². The highest BCUT2D eigenvalue weighted by Crippen LogP contribution is 2.33. The molecule has 186 valence electrons. The van der Waals surface area contributed by atoms with Crippen LogP contribution in [-0.2, 0) is 12.8 Å². The third kappa shape index (κ3) is 4.77. The van der Waals surface area contributed by atoms with Gasteiger partial charge in [-0.2, -0.15) is 18.2 Å². The summed E-state index contributed by atoms with van der Waals surface area (Å²) in [5.41, 5.74) is 6.24. The lowest BCUT2D eigenvalue weighted by atomic mass is 10.1. The Balaban J connectivity index is 1.31. The van der Waals surface area contributed by atoms with Gasteiger partial charge in [-0.25, -0.2) is 0 Å². The number of nitrogens with zero attached hydrogens (tertiary/aromatic N) is 4. The zero-order chi connectivity index (χ0) is 25.3. The van der Waals surface area contributed by atoms with Crippen molar-refractivity contribution >= 4 is 16.7 Å². The summed E-state index contributed by atoms with van der Waals surface area (Å²) < 4.78 is 50.0. The first kappa shape index (κ1) is 23.5. The predicted molar refractivity (Wildman–Crippen MR) is 125 cm³/mol. The van der Waals surface area contributed by atoms with Gasteiger partial charge in [-0.15, -0.1) is 0 Å². The number of ether oxygens (including phenoxy) is 1. The van der Waals surface area contributed by atoms with Gasteiger partial charge in [-0.05, 0) is 59.5 Å². The van der Waals surface area contributed by atoms with Crippen molar-refractivity contribution in [1.29, 1.82) is 0 Å². The highest BCUT2D eigenvalue weighted by atomic mass is 19.4. The van der Waals surface area contributed by atoms with Gasteiger partial charge in [0, 0.05) is 12.1 Å². The minimum atomic E-state index is -4.40. The summed E-state index contributed by atoms with van der Waals surface area (Å²) in [4.78, 5) is 6.25. The topological polar surface area (TPSA) is 110 Å². The number of hydrogen-bond donors (Lipinski definition) is 2. The van der Waals surface area contributed by atoms with E-state index in [0.717, 1.165) is 41.3 Å². The minimum absolute atomic E-state index is 0.00837. The molecular formula is C25H22F3N5O3. The van der Waals surface area contributed by atoms with Gasteiger partial charge in [0.1, 0.15) is 18.4 Å². The molecule has 1 aromatic heterocycles. The van der Waals surface area contributed by atoms with Gasteiger partial charge in [-0.1, -0.05) is 40.6 Å². The quantitative estimate of drug-likeness (QED) is 0.166. The molecule has 5 rings (SSSR count). The van der Waals surface area contributed by atoms with Crippen molar-refractivity contribution in [3.8, 4) is 17.1 Å². The molecule has 0 spiro atoms. The largest absolute Gasteiger partial charge is 0.489 e. The van der Waals surface area contributed by atoms with Gasteiger partial charge in [0.25, 0.3) is 0 Å². The van der Waals surface area contributed by atoms with Crippen molar-refractivity contribution < 1.29 is 27.6 Å². The fourth-order valence-corrected chi connectivity index (χ4v) is 4.30. The molecule has 0 amide bonds. The maximum absolute atomic E-state index is 12.9. The fourth-order valence-electron chi connectivity index (χ4n) is 4.30. The van der Waals surface area contributed by atoms with Crippen molar-refractivity contribution in [3.05, 3.63) is 77.7 Å². The lowest BCUT2D eigenvalue weighted by molar-refractivity contribution is -0.137. The van der Waals surface area contributed by atoms with E-state index in [1.165, 1.54) is 6.07 Å². The predicted octanol–water partition coefficient (Wildman–Crippen LogP) is 5.33. The molecule has 11 heteroatoms. The van der Waals surface area contributed by atoms with Gasteiger partial charge < -0.3 is 25.1 Å². The smallest absolute Gasteiger partial charge is 0.416 e. The number of hydrogen-bond acceptors (Lipinski definition) is 6. The van der Waals surface area contributed by atoms with Crippen molar-refractivity contribution in [2.24, 2.45) is 10.9 Å². The molecule has 0 unspecified atom stereocenters. The van der Waals surface area contributed by atoms with Crippen LogP contribution in [0.1, 0.15) is 35.9 Å². The molecule has 36 heavy (non-hydrogen) atoms. The van der Waals surface area contributed by atoms with Crippen LogP contribution >= 0.6 is 0 Å². The number of aromatic nitrogens is 2. The average Bonchev–Trinajstić information content (AvgIpc) is 3.56. The minimum Gasteiger partial charge on any atom is -0.489 e. The molecule has 1 atom stereocenters. The molecule has 1 aliphatic heterocycles. The summed E-state index contributed by atoms with van der Waals surface area (Å²) in [5, 5.41) is 18.0. The number of fused-ring (bicyclic) bond motifs is 1. The van der Waals surface area contributed by atoms with Crippen LogP contribution in [0.2, 0.25) is 0 Å². The van der Waals surface area contributed by atoms with Crippen LogP contribution in [0.4, 0.5) is 13.2 Å². The van der Waals surface area contributed by atoms with E-state index in [9.17, 15) is 13.2 Å². The van der Waals surface area contributed by atoms with Gasteiger partial charge >= 0.3 is 6.18 Å². The second kappa shape index (κ2) is 9.40. The van der Waals surface area contributed by atoms with Crippen molar-refractivity contribution in [3.63, 3.8) is 0 Å². The van der Waals surface area contributed by atoms with Gasteiger partial charge in [0.2, 0.25) is 17.7 Å². The number of likely N-dealkylation sites (tertiary alicyclic amines) is 1. The number of nitrogens with two attached hydrogens (primary N) is 1. The first-order chi connectivity index (χ1) is 17.3. The van der Waals surface area contributed by atoms with Crippen LogP contribution in [0, 0.1) is 0 Å². The van der Waals surface area contributed by atoms with Crippen LogP contribution < -0.4 is 10.5 Å². The molecule has 3 N–H and O–H groups in total. The van der Waals surface area contributed by atoms with E-state index in [1.54, 1.807) is 17.0 Å². The zero-order valence-corrected chi connectivity index (χ0v) is 18.9. The summed E-state index contributed by atoms with van der Waals surface area (Å²) in [5.74, 6) is 1.36. The van der Waals surface area contributed by atoms with Crippen molar-refractivity contribution in [1.82, 2.24) is 15.0 Å². The number of alkyl halides is 3. The molecule has 1 fully saturated rings. The third-order valence-corrected chi connectivity index (χ3v) is 6.11. The molecule has 8 nitrogen and oxygen atoms in total. The van der Waals surface area contributed by atoms with Crippen LogP contribution in [-0.4, -0.2) is 32.8 Å². The maximum atomic E-state index is 12.9. The van der Waals surface area contributed by atoms with Crippen LogP contribution in [0.5, 0.6) is 5.75 Å². The van der Waals surface area contributed by atoms with E-state index in [1.807, 2.05) is 30.3 Å². The molecule has 1 aliphatic rings. The van der Waals surface area contributed by atoms with Crippen LogP contribution in [0.3, 0.4) is 0 Å². The SMILES string of the molecule is N/C(=N\O)N1CCC[C@H]1c1nc(-c2ccc3cc(OCc4cccc(C(F)(F)F)c4)ccc3c2)no1.